The number of anilines is 1. The summed E-state index contributed by atoms with van der Waals surface area (Å²) in [4.78, 5) is 8.84. The summed E-state index contributed by atoms with van der Waals surface area (Å²) in [5.41, 5.74) is 3.62. The summed E-state index contributed by atoms with van der Waals surface area (Å²) in [6.45, 7) is 8.28. The lowest BCUT2D eigenvalue weighted by atomic mass is 10.1. The van der Waals surface area contributed by atoms with Gasteiger partial charge >= 0.3 is 0 Å². The zero-order valence-electron chi connectivity index (χ0n) is 12.1. The molecule has 0 aliphatic rings. The second-order valence-electron chi connectivity index (χ2n) is 4.92. The highest BCUT2D eigenvalue weighted by molar-refractivity contribution is 5.39. The number of nitrogens with one attached hydrogen (secondary N) is 1. The average molecular weight is 255 g/mol. The van der Waals surface area contributed by atoms with E-state index in [4.69, 9.17) is 0 Å². The molecule has 1 heterocycles. The fourth-order valence-electron chi connectivity index (χ4n) is 2.04. The smallest absolute Gasteiger partial charge is 0.130 e. The van der Waals surface area contributed by atoms with Crippen LogP contribution in [0.25, 0.3) is 0 Å². The van der Waals surface area contributed by atoms with Crippen LogP contribution in [0.2, 0.25) is 0 Å². The zero-order valence-corrected chi connectivity index (χ0v) is 12.1. The van der Waals surface area contributed by atoms with Gasteiger partial charge in [-0.2, -0.15) is 0 Å². The molecule has 1 atom stereocenters. The second kappa shape index (κ2) is 5.83. The lowest BCUT2D eigenvalue weighted by Crippen LogP contribution is -2.09. The standard InChI is InChI=1S/C16H21N3/c1-5-15-10-16(19-13(4)18-15)17-12(3)14-8-6-11(2)7-9-14/h6-10,12H,5H2,1-4H3,(H,17,18,19). The maximum absolute atomic E-state index is 4.44. The van der Waals surface area contributed by atoms with Crippen molar-refractivity contribution in [2.75, 3.05) is 5.32 Å². The first kappa shape index (κ1) is 13.5. The molecule has 0 fully saturated rings. The third-order valence-electron chi connectivity index (χ3n) is 3.19. The molecule has 1 N–H and O–H groups in total. The van der Waals surface area contributed by atoms with E-state index in [0.717, 1.165) is 23.8 Å². The molecule has 0 spiro atoms. The SMILES string of the molecule is CCc1cc(NC(C)c2ccc(C)cc2)nc(C)n1. The van der Waals surface area contributed by atoms with E-state index in [2.05, 4.69) is 60.3 Å². The number of aryl methyl sites for hydroxylation is 3. The van der Waals surface area contributed by atoms with Gasteiger partial charge in [-0.15, -0.1) is 0 Å². The molecule has 1 aromatic heterocycles. The Morgan fingerprint density at radius 2 is 1.79 bits per heavy atom. The summed E-state index contributed by atoms with van der Waals surface area (Å²) < 4.78 is 0. The molecule has 2 aromatic rings. The van der Waals surface area contributed by atoms with Crippen molar-refractivity contribution >= 4 is 5.82 Å². The van der Waals surface area contributed by atoms with E-state index in [1.807, 2.05) is 13.0 Å². The van der Waals surface area contributed by atoms with Crippen molar-refractivity contribution in [2.45, 2.75) is 40.2 Å². The number of hydrogen-bond donors (Lipinski definition) is 1. The molecule has 3 heteroatoms. The van der Waals surface area contributed by atoms with Crippen LogP contribution >= 0.6 is 0 Å². The van der Waals surface area contributed by atoms with Crippen molar-refractivity contribution in [3.05, 3.63) is 53.0 Å². The molecule has 1 unspecified atom stereocenters. The number of aromatic nitrogens is 2. The van der Waals surface area contributed by atoms with Crippen molar-refractivity contribution < 1.29 is 0 Å². The van der Waals surface area contributed by atoms with Crippen molar-refractivity contribution in [3.8, 4) is 0 Å². The van der Waals surface area contributed by atoms with Crippen LogP contribution in [-0.2, 0) is 6.42 Å². The van der Waals surface area contributed by atoms with Gasteiger partial charge in [-0.1, -0.05) is 36.8 Å². The molecular weight excluding hydrogens is 234 g/mol. The molecule has 0 saturated carbocycles. The van der Waals surface area contributed by atoms with Gasteiger partial charge in [-0.25, -0.2) is 9.97 Å². The van der Waals surface area contributed by atoms with Crippen molar-refractivity contribution in [1.82, 2.24) is 9.97 Å². The second-order valence-corrected chi connectivity index (χ2v) is 4.92. The highest BCUT2D eigenvalue weighted by Gasteiger charge is 2.07. The van der Waals surface area contributed by atoms with Crippen molar-refractivity contribution in [3.63, 3.8) is 0 Å². The van der Waals surface area contributed by atoms with Gasteiger partial charge in [0.1, 0.15) is 11.6 Å². The van der Waals surface area contributed by atoms with Crippen LogP contribution in [0.3, 0.4) is 0 Å². The molecule has 3 nitrogen and oxygen atoms in total. The quantitative estimate of drug-likeness (QED) is 0.902. The molecule has 0 bridgehead atoms. The lowest BCUT2D eigenvalue weighted by molar-refractivity contribution is 0.858. The molecular formula is C16H21N3. The topological polar surface area (TPSA) is 37.8 Å². The van der Waals surface area contributed by atoms with E-state index < -0.39 is 0 Å². The molecule has 0 aliphatic heterocycles. The summed E-state index contributed by atoms with van der Waals surface area (Å²) in [7, 11) is 0. The maximum Gasteiger partial charge on any atom is 0.130 e. The highest BCUT2D eigenvalue weighted by atomic mass is 15.0. The van der Waals surface area contributed by atoms with Gasteiger partial charge in [-0.3, -0.25) is 0 Å². The first-order valence-corrected chi connectivity index (χ1v) is 6.76. The Bertz CT molecular complexity index is 546. The Labute approximate surface area is 115 Å². The van der Waals surface area contributed by atoms with Gasteiger partial charge in [0.25, 0.3) is 0 Å². The number of benzene rings is 1. The van der Waals surface area contributed by atoms with Crippen molar-refractivity contribution in [2.24, 2.45) is 0 Å². The Morgan fingerprint density at radius 1 is 1.11 bits per heavy atom. The fraction of sp³-hybridized carbons (Fsp3) is 0.375. The van der Waals surface area contributed by atoms with Crippen LogP contribution in [0.1, 0.15) is 42.5 Å². The minimum Gasteiger partial charge on any atom is -0.363 e. The van der Waals surface area contributed by atoms with Gasteiger partial charge < -0.3 is 5.32 Å². The predicted molar refractivity (Wildman–Crippen MR) is 79.4 cm³/mol. The molecule has 0 amide bonds. The largest absolute Gasteiger partial charge is 0.363 e. The van der Waals surface area contributed by atoms with E-state index in [-0.39, 0.29) is 6.04 Å². The Morgan fingerprint density at radius 3 is 2.42 bits per heavy atom. The van der Waals surface area contributed by atoms with Gasteiger partial charge in [0.05, 0.1) is 0 Å². The Hall–Kier alpha value is -1.90. The van der Waals surface area contributed by atoms with Crippen LogP contribution in [0, 0.1) is 13.8 Å². The Kier molecular flexibility index (Phi) is 4.15. The number of nitrogens with zero attached hydrogens (tertiary/aromatic N) is 2. The third-order valence-corrected chi connectivity index (χ3v) is 3.19. The van der Waals surface area contributed by atoms with Crippen LogP contribution in [-0.4, -0.2) is 9.97 Å². The van der Waals surface area contributed by atoms with Gasteiger partial charge in [0, 0.05) is 17.8 Å². The molecule has 0 radical (unpaired) electrons. The van der Waals surface area contributed by atoms with E-state index in [9.17, 15) is 0 Å². The van der Waals surface area contributed by atoms with E-state index >= 15 is 0 Å². The molecule has 0 saturated heterocycles. The summed E-state index contributed by atoms with van der Waals surface area (Å²) in [6, 6.07) is 10.8. The maximum atomic E-state index is 4.44. The van der Waals surface area contributed by atoms with Gasteiger partial charge in [0.2, 0.25) is 0 Å². The number of rotatable bonds is 4. The molecule has 19 heavy (non-hydrogen) atoms. The monoisotopic (exact) mass is 255 g/mol. The van der Waals surface area contributed by atoms with Crippen LogP contribution in [0.4, 0.5) is 5.82 Å². The number of hydrogen-bond acceptors (Lipinski definition) is 3. The summed E-state index contributed by atoms with van der Waals surface area (Å²) in [5, 5.41) is 3.44. The van der Waals surface area contributed by atoms with E-state index in [1.165, 1.54) is 11.1 Å². The van der Waals surface area contributed by atoms with Gasteiger partial charge in [0.15, 0.2) is 0 Å². The fourth-order valence-corrected chi connectivity index (χ4v) is 2.04. The molecule has 100 valence electrons. The molecule has 2 rings (SSSR count). The Balaban J connectivity index is 2.16. The summed E-state index contributed by atoms with van der Waals surface area (Å²) in [6.07, 6.45) is 0.928. The summed E-state index contributed by atoms with van der Waals surface area (Å²) in [5.74, 6) is 1.72. The lowest BCUT2D eigenvalue weighted by Gasteiger charge is -2.16. The minimum absolute atomic E-state index is 0.236. The van der Waals surface area contributed by atoms with Crippen molar-refractivity contribution in [1.29, 1.82) is 0 Å². The molecule has 1 aromatic carbocycles. The predicted octanol–water partition coefficient (Wildman–Crippen LogP) is 3.83. The zero-order chi connectivity index (χ0) is 13.8. The summed E-state index contributed by atoms with van der Waals surface area (Å²) >= 11 is 0. The van der Waals surface area contributed by atoms with Crippen LogP contribution in [0.5, 0.6) is 0 Å². The third kappa shape index (κ3) is 3.53. The normalized spacial score (nSPS) is 12.2. The first-order chi connectivity index (χ1) is 9.08. The van der Waals surface area contributed by atoms with E-state index in [1.54, 1.807) is 0 Å². The first-order valence-electron chi connectivity index (χ1n) is 6.76. The van der Waals surface area contributed by atoms with Gasteiger partial charge in [-0.05, 0) is 32.8 Å². The molecule has 0 aliphatic carbocycles. The van der Waals surface area contributed by atoms with Crippen LogP contribution in [0.15, 0.2) is 30.3 Å². The highest BCUT2D eigenvalue weighted by Crippen LogP contribution is 2.19. The minimum atomic E-state index is 0.236. The van der Waals surface area contributed by atoms with E-state index in [0.29, 0.717) is 0 Å². The average Bonchev–Trinajstić information content (AvgIpc) is 2.38. The van der Waals surface area contributed by atoms with Crippen LogP contribution < -0.4 is 5.32 Å².